The molecule has 1 saturated heterocycles. The van der Waals surface area contributed by atoms with Crippen LogP contribution in [0.15, 0.2) is 91.2 Å². The van der Waals surface area contributed by atoms with Gasteiger partial charge in [-0.25, -0.2) is 0 Å². The van der Waals surface area contributed by atoms with Crippen LogP contribution in [0, 0.1) is 12.3 Å². The smallest absolute Gasteiger partial charge is 0.161 e. The average molecular weight is 777 g/mol. The van der Waals surface area contributed by atoms with Crippen LogP contribution in [0.1, 0.15) is 149 Å². The molecular formula is C53H80N2O2. The van der Waals surface area contributed by atoms with E-state index in [1.807, 2.05) is 6.07 Å². The van der Waals surface area contributed by atoms with Crippen LogP contribution >= 0.6 is 0 Å². The summed E-state index contributed by atoms with van der Waals surface area (Å²) in [6, 6.07) is 22.5. The van der Waals surface area contributed by atoms with Gasteiger partial charge in [-0.05, 0) is 128 Å². The van der Waals surface area contributed by atoms with Crippen LogP contribution < -0.4 is 14.4 Å². The van der Waals surface area contributed by atoms with Crippen LogP contribution in [0.5, 0.6) is 11.5 Å². The van der Waals surface area contributed by atoms with Gasteiger partial charge in [0.15, 0.2) is 11.5 Å². The molecule has 1 heterocycles. The molecular weight excluding hydrogens is 697 g/mol. The quantitative estimate of drug-likeness (QED) is 0.0749. The number of anilines is 1. The number of rotatable bonds is 22. The largest absolute Gasteiger partial charge is 0.493 e. The number of methoxy groups -OCH3 is 2. The third kappa shape index (κ3) is 13.6. The normalized spacial score (nSPS) is 14.4. The number of nitrogens with zero attached hydrogens (tertiary/aromatic N) is 2. The number of allylic oxidation sites excluding steroid dienone is 3. The molecule has 4 heteroatoms. The monoisotopic (exact) mass is 777 g/mol. The van der Waals surface area contributed by atoms with Crippen LogP contribution in [-0.2, 0) is 6.42 Å². The number of likely N-dealkylation sites (N-methyl/N-ethyl adjacent to an activating group) is 1. The van der Waals surface area contributed by atoms with Gasteiger partial charge < -0.3 is 19.3 Å². The Morgan fingerprint density at radius 1 is 0.754 bits per heavy atom. The number of hydrogen-bond acceptors (Lipinski definition) is 4. The topological polar surface area (TPSA) is 24.9 Å². The van der Waals surface area contributed by atoms with Crippen molar-refractivity contribution in [3.63, 3.8) is 0 Å². The Labute approximate surface area is 350 Å². The zero-order valence-corrected chi connectivity index (χ0v) is 38.1. The molecule has 1 aliphatic rings. The third-order valence-electron chi connectivity index (χ3n) is 12.2. The van der Waals surface area contributed by atoms with Crippen molar-refractivity contribution in [1.82, 2.24) is 4.90 Å². The number of ether oxygens (including phenoxy) is 2. The van der Waals surface area contributed by atoms with Gasteiger partial charge in [0.1, 0.15) is 0 Å². The molecule has 0 saturated carbocycles. The summed E-state index contributed by atoms with van der Waals surface area (Å²) in [5.74, 6) is 1.45. The Morgan fingerprint density at radius 2 is 1.35 bits per heavy atom. The average Bonchev–Trinajstić information content (AvgIpc) is 3.23. The summed E-state index contributed by atoms with van der Waals surface area (Å²) in [5.41, 5.74) is 11.1. The highest BCUT2D eigenvalue weighted by atomic mass is 16.5. The predicted molar refractivity (Wildman–Crippen MR) is 251 cm³/mol. The minimum Gasteiger partial charge on any atom is -0.493 e. The zero-order chi connectivity index (χ0) is 41.8. The molecule has 0 radical (unpaired) electrons. The summed E-state index contributed by atoms with van der Waals surface area (Å²) >= 11 is 0. The van der Waals surface area contributed by atoms with Gasteiger partial charge >= 0.3 is 0 Å². The first-order valence-electron chi connectivity index (χ1n) is 22.6. The Hall–Kier alpha value is -3.92. The van der Waals surface area contributed by atoms with Gasteiger partial charge in [0.2, 0.25) is 0 Å². The number of aryl methyl sites for hydroxylation is 1. The molecule has 1 unspecified atom stereocenters. The van der Waals surface area contributed by atoms with Crippen molar-refractivity contribution in [1.29, 1.82) is 0 Å². The van der Waals surface area contributed by atoms with Crippen molar-refractivity contribution >= 4 is 11.3 Å². The van der Waals surface area contributed by atoms with Crippen molar-refractivity contribution in [3.8, 4) is 22.6 Å². The van der Waals surface area contributed by atoms with Gasteiger partial charge in [-0.15, -0.1) is 0 Å². The van der Waals surface area contributed by atoms with Gasteiger partial charge in [-0.1, -0.05) is 136 Å². The van der Waals surface area contributed by atoms with Crippen molar-refractivity contribution in [2.24, 2.45) is 5.41 Å². The molecule has 0 spiro atoms. The Kier molecular flexibility index (Phi) is 20.6. The molecule has 0 aromatic heterocycles. The second-order valence-corrected chi connectivity index (χ2v) is 16.4. The lowest BCUT2D eigenvalue weighted by molar-refractivity contribution is 0.178. The summed E-state index contributed by atoms with van der Waals surface area (Å²) in [6.07, 6.45) is 19.9. The lowest BCUT2D eigenvalue weighted by Crippen LogP contribution is -2.40. The van der Waals surface area contributed by atoms with E-state index in [1.165, 1.54) is 86.6 Å². The van der Waals surface area contributed by atoms with Gasteiger partial charge in [-0.3, -0.25) is 0 Å². The van der Waals surface area contributed by atoms with Gasteiger partial charge in [0.25, 0.3) is 0 Å². The first kappa shape index (κ1) is 47.5. The van der Waals surface area contributed by atoms with Crippen molar-refractivity contribution in [2.45, 2.75) is 151 Å². The lowest BCUT2D eigenvalue weighted by atomic mass is 9.72. The van der Waals surface area contributed by atoms with E-state index >= 15 is 0 Å². The van der Waals surface area contributed by atoms with E-state index < -0.39 is 0 Å². The maximum absolute atomic E-state index is 5.65. The third-order valence-corrected chi connectivity index (χ3v) is 12.2. The number of hydrogen-bond donors (Lipinski definition) is 0. The van der Waals surface area contributed by atoms with Crippen molar-refractivity contribution < 1.29 is 9.47 Å². The fraction of sp³-hybridized carbons (Fsp3) is 0.547. The fourth-order valence-electron chi connectivity index (χ4n) is 8.93. The Balaban J connectivity index is 0.00000134. The highest BCUT2D eigenvalue weighted by Gasteiger charge is 2.33. The number of benzene rings is 3. The summed E-state index contributed by atoms with van der Waals surface area (Å²) < 4.78 is 11.2. The van der Waals surface area contributed by atoms with Gasteiger partial charge in [0.05, 0.1) is 14.2 Å². The van der Waals surface area contributed by atoms with Crippen LogP contribution in [0.25, 0.3) is 16.7 Å². The summed E-state index contributed by atoms with van der Waals surface area (Å²) in [7, 11) is 3.36. The first-order valence-corrected chi connectivity index (χ1v) is 22.6. The lowest BCUT2D eigenvalue weighted by Gasteiger charge is -2.43. The molecule has 4 nitrogen and oxygen atoms in total. The van der Waals surface area contributed by atoms with E-state index in [1.54, 1.807) is 14.2 Å². The highest BCUT2D eigenvalue weighted by molar-refractivity contribution is 5.84. The molecule has 1 fully saturated rings. The molecule has 3 aromatic rings. The molecule has 314 valence electrons. The number of piperidine rings is 1. The van der Waals surface area contributed by atoms with Gasteiger partial charge in [-0.2, -0.15) is 0 Å². The van der Waals surface area contributed by atoms with E-state index in [9.17, 15) is 0 Å². The Bertz CT molecular complexity index is 1670. The van der Waals surface area contributed by atoms with E-state index in [0.717, 1.165) is 84.8 Å². The second kappa shape index (κ2) is 24.8. The SMILES string of the molecule is C=C(/C=C(/C(=C)N(CC)C(CC)CCC)c1cc(-c2ccc(OC)c(OC)c2)ccc1C)Cc1ccc(N2CCC(CCC)(CCC)CC2)cc1.CCCCCC. The van der Waals surface area contributed by atoms with Crippen molar-refractivity contribution in [3.05, 3.63) is 108 Å². The molecule has 4 rings (SSSR count). The predicted octanol–water partition coefficient (Wildman–Crippen LogP) is 15.0. The minimum atomic E-state index is 0.440. The first-order chi connectivity index (χ1) is 27.6. The molecule has 0 amide bonds. The second-order valence-electron chi connectivity index (χ2n) is 16.4. The maximum atomic E-state index is 5.65. The molecule has 1 atom stereocenters. The zero-order valence-electron chi connectivity index (χ0n) is 38.1. The van der Waals surface area contributed by atoms with Crippen LogP contribution in [0.4, 0.5) is 5.69 Å². The number of unbranched alkanes of at least 4 members (excludes halogenated alkanes) is 3. The van der Waals surface area contributed by atoms with E-state index in [4.69, 9.17) is 16.1 Å². The van der Waals surface area contributed by atoms with E-state index in [-0.39, 0.29) is 0 Å². The van der Waals surface area contributed by atoms with Crippen LogP contribution in [0.3, 0.4) is 0 Å². The molecule has 0 N–H and O–H groups in total. The van der Waals surface area contributed by atoms with Crippen LogP contribution in [-0.4, -0.2) is 44.8 Å². The van der Waals surface area contributed by atoms with E-state index in [2.05, 4.69) is 132 Å². The molecule has 57 heavy (non-hydrogen) atoms. The standard InChI is InChI=1S/C47H66N2O2.C6H14/c1-11-16-41(14-4)49(15-5)37(8)44(43-33-39(20-17-36(43)7)40-21-24-45(50-9)46(34-40)51-10)32-35(6)31-38-18-22-42(23-19-38)48-29-27-47(25-12-2,26-13-3)28-30-48;1-3-5-6-4-2/h17-24,32-34,41H,6,8,11-16,25-31H2,1-5,7,9-10H3;3-6H2,1-2H3/b44-32-;. The van der Waals surface area contributed by atoms with Crippen LogP contribution in [0.2, 0.25) is 0 Å². The van der Waals surface area contributed by atoms with E-state index in [0.29, 0.717) is 11.5 Å². The summed E-state index contributed by atoms with van der Waals surface area (Å²) in [5, 5.41) is 0. The summed E-state index contributed by atoms with van der Waals surface area (Å²) in [6.45, 7) is 30.8. The molecule has 0 aliphatic carbocycles. The molecule has 1 aliphatic heterocycles. The van der Waals surface area contributed by atoms with Gasteiger partial charge in [0, 0.05) is 42.6 Å². The van der Waals surface area contributed by atoms with Crippen molar-refractivity contribution in [2.75, 3.05) is 38.8 Å². The summed E-state index contributed by atoms with van der Waals surface area (Å²) in [4.78, 5) is 5.10. The maximum Gasteiger partial charge on any atom is 0.161 e. The minimum absolute atomic E-state index is 0.440. The fourth-order valence-corrected chi connectivity index (χ4v) is 8.93. The highest BCUT2D eigenvalue weighted by Crippen LogP contribution is 2.42. The molecule has 3 aromatic carbocycles. The Morgan fingerprint density at radius 3 is 1.88 bits per heavy atom. The molecule has 0 bridgehead atoms.